The Morgan fingerprint density at radius 1 is 1.58 bits per heavy atom. The van der Waals surface area contributed by atoms with Crippen LogP contribution in [0.15, 0.2) is 17.5 Å². The number of carbonyl (C=O) groups is 1. The molecule has 2 fully saturated rings. The van der Waals surface area contributed by atoms with Crippen LogP contribution in [0.4, 0.5) is 4.79 Å². The van der Waals surface area contributed by atoms with Gasteiger partial charge in [-0.05, 0) is 37.1 Å². The van der Waals surface area contributed by atoms with E-state index in [0.717, 1.165) is 0 Å². The van der Waals surface area contributed by atoms with Crippen molar-refractivity contribution in [3.63, 3.8) is 0 Å². The third-order valence-electron chi connectivity index (χ3n) is 3.90. The molecule has 0 aromatic carbocycles. The van der Waals surface area contributed by atoms with Crippen LogP contribution in [-0.4, -0.2) is 36.7 Å². The highest BCUT2D eigenvalue weighted by molar-refractivity contribution is 7.10. The van der Waals surface area contributed by atoms with Gasteiger partial charge in [-0.1, -0.05) is 6.07 Å². The second-order valence-corrected chi connectivity index (χ2v) is 6.34. The number of urea groups is 1. The van der Waals surface area contributed by atoms with Gasteiger partial charge in [0.05, 0.1) is 25.3 Å². The molecule has 4 nitrogen and oxygen atoms in total. The van der Waals surface area contributed by atoms with Gasteiger partial charge in [0.2, 0.25) is 0 Å². The van der Waals surface area contributed by atoms with Gasteiger partial charge in [-0.2, -0.15) is 0 Å². The molecule has 1 N–H and O–H groups in total. The number of carbonyl (C=O) groups excluding carboxylic acids is 1. The minimum Gasteiger partial charge on any atom is -0.377 e. The Balaban J connectivity index is 1.62. The maximum absolute atomic E-state index is 12.4. The van der Waals surface area contributed by atoms with E-state index in [1.807, 2.05) is 23.3 Å². The maximum atomic E-state index is 12.4. The third kappa shape index (κ3) is 2.92. The van der Waals surface area contributed by atoms with Gasteiger partial charge in [-0.15, -0.1) is 11.3 Å². The number of nitrogens with zero attached hydrogens (tertiary/aromatic N) is 1. The Morgan fingerprint density at radius 2 is 2.42 bits per heavy atom. The second kappa shape index (κ2) is 5.51. The Labute approximate surface area is 117 Å². The normalized spacial score (nSPS) is 25.1. The van der Waals surface area contributed by atoms with Crippen molar-refractivity contribution in [3.05, 3.63) is 22.4 Å². The molecule has 5 heteroatoms. The Hall–Kier alpha value is -1.07. The summed E-state index contributed by atoms with van der Waals surface area (Å²) in [5.74, 6) is 0.656. The average molecular weight is 280 g/mol. The van der Waals surface area contributed by atoms with E-state index in [4.69, 9.17) is 4.74 Å². The minimum absolute atomic E-state index is 0.0566. The highest BCUT2D eigenvalue weighted by Gasteiger charge is 2.39. The number of nitrogens with one attached hydrogen (secondary N) is 1. The fourth-order valence-electron chi connectivity index (χ4n) is 2.62. The van der Waals surface area contributed by atoms with E-state index in [2.05, 4.69) is 11.4 Å². The number of ether oxygens (including phenoxy) is 1. The first kappa shape index (κ1) is 12.9. The second-order valence-electron chi connectivity index (χ2n) is 5.36. The molecule has 0 spiro atoms. The minimum atomic E-state index is 0.0566. The summed E-state index contributed by atoms with van der Waals surface area (Å²) in [5.41, 5.74) is 0. The molecular formula is C14H20N2O2S. The van der Waals surface area contributed by atoms with Crippen molar-refractivity contribution < 1.29 is 9.53 Å². The molecule has 1 aliphatic heterocycles. The van der Waals surface area contributed by atoms with Crippen molar-refractivity contribution in [2.24, 2.45) is 5.92 Å². The monoisotopic (exact) mass is 280 g/mol. The lowest BCUT2D eigenvalue weighted by atomic mass is 10.1. The van der Waals surface area contributed by atoms with Crippen LogP contribution in [-0.2, 0) is 4.74 Å². The zero-order valence-corrected chi connectivity index (χ0v) is 12.0. The number of thiophene rings is 1. The summed E-state index contributed by atoms with van der Waals surface area (Å²) in [6.07, 6.45) is 2.47. The summed E-state index contributed by atoms with van der Waals surface area (Å²) in [7, 11) is 0. The smallest absolute Gasteiger partial charge is 0.318 e. The van der Waals surface area contributed by atoms with Crippen LogP contribution in [0.5, 0.6) is 0 Å². The highest BCUT2D eigenvalue weighted by Crippen LogP contribution is 2.36. The van der Waals surface area contributed by atoms with Gasteiger partial charge in [0.1, 0.15) is 0 Å². The SMILES string of the molecule is C[C@@H](NC(=O)N1CCOC[C@@H]1C1CC1)c1cccs1. The molecule has 0 radical (unpaired) electrons. The Bertz CT molecular complexity index is 431. The molecule has 2 atom stereocenters. The maximum Gasteiger partial charge on any atom is 0.318 e. The first-order valence-electron chi connectivity index (χ1n) is 6.94. The molecule has 0 bridgehead atoms. The summed E-state index contributed by atoms with van der Waals surface area (Å²) in [5, 5.41) is 5.15. The van der Waals surface area contributed by atoms with E-state index in [1.54, 1.807) is 11.3 Å². The van der Waals surface area contributed by atoms with E-state index in [0.29, 0.717) is 25.7 Å². The average Bonchev–Trinajstić information content (AvgIpc) is 3.12. The summed E-state index contributed by atoms with van der Waals surface area (Å²) >= 11 is 1.68. The molecule has 1 aromatic heterocycles. The Morgan fingerprint density at radius 3 is 3.11 bits per heavy atom. The third-order valence-corrected chi connectivity index (χ3v) is 4.96. The first-order chi connectivity index (χ1) is 9.25. The zero-order chi connectivity index (χ0) is 13.2. The van der Waals surface area contributed by atoms with Crippen LogP contribution in [0.2, 0.25) is 0 Å². The number of hydrogen-bond acceptors (Lipinski definition) is 3. The zero-order valence-electron chi connectivity index (χ0n) is 11.2. The lowest BCUT2D eigenvalue weighted by Crippen LogP contribution is -2.53. The van der Waals surface area contributed by atoms with Crippen LogP contribution < -0.4 is 5.32 Å². The molecule has 1 aromatic rings. The van der Waals surface area contributed by atoms with Crippen molar-refractivity contribution in [1.29, 1.82) is 0 Å². The molecular weight excluding hydrogens is 260 g/mol. The fraction of sp³-hybridized carbons (Fsp3) is 0.643. The quantitative estimate of drug-likeness (QED) is 0.924. The largest absolute Gasteiger partial charge is 0.377 e. The van der Waals surface area contributed by atoms with Gasteiger partial charge in [0.15, 0.2) is 0 Å². The number of amides is 2. The standard InChI is InChI=1S/C14H20N2O2S/c1-10(13-3-2-8-19-13)15-14(17)16-6-7-18-9-12(16)11-4-5-11/h2-3,8,10-12H,4-7,9H2,1H3,(H,15,17)/t10-,12-/m1/s1. The van der Waals surface area contributed by atoms with Crippen molar-refractivity contribution >= 4 is 17.4 Å². The van der Waals surface area contributed by atoms with E-state index in [1.165, 1.54) is 17.7 Å². The summed E-state index contributed by atoms with van der Waals surface area (Å²) in [6.45, 7) is 4.11. The molecule has 104 valence electrons. The van der Waals surface area contributed by atoms with Crippen molar-refractivity contribution in [3.8, 4) is 0 Å². The van der Waals surface area contributed by atoms with Crippen LogP contribution in [0.1, 0.15) is 30.7 Å². The molecule has 19 heavy (non-hydrogen) atoms. The number of morpholine rings is 1. The van der Waals surface area contributed by atoms with Gasteiger partial charge >= 0.3 is 6.03 Å². The van der Waals surface area contributed by atoms with Crippen molar-refractivity contribution in [2.45, 2.75) is 31.8 Å². The van der Waals surface area contributed by atoms with E-state index in [-0.39, 0.29) is 18.1 Å². The van der Waals surface area contributed by atoms with Gasteiger partial charge < -0.3 is 15.0 Å². The van der Waals surface area contributed by atoms with Gasteiger partial charge in [0.25, 0.3) is 0 Å². The highest BCUT2D eigenvalue weighted by atomic mass is 32.1. The lowest BCUT2D eigenvalue weighted by molar-refractivity contribution is 0.00424. The van der Waals surface area contributed by atoms with E-state index in [9.17, 15) is 4.79 Å². The lowest BCUT2D eigenvalue weighted by Gasteiger charge is -2.36. The number of hydrogen-bond donors (Lipinski definition) is 1. The van der Waals surface area contributed by atoms with Gasteiger partial charge in [-0.3, -0.25) is 0 Å². The molecule has 2 heterocycles. The molecule has 0 unspecified atom stereocenters. The van der Waals surface area contributed by atoms with Crippen molar-refractivity contribution in [1.82, 2.24) is 10.2 Å². The molecule has 1 aliphatic carbocycles. The van der Waals surface area contributed by atoms with E-state index < -0.39 is 0 Å². The fourth-order valence-corrected chi connectivity index (χ4v) is 3.36. The summed E-state index contributed by atoms with van der Waals surface area (Å²) in [6, 6.07) is 4.50. The molecule has 1 saturated heterocycles. The van der Waals surface area contributed by atoms with Crippen LogP contribution in [0.25, 0.3) is 0 Å². The molecule has 3 rings (SSSR count). The van der Waals surface area contributed by atoms with Crippen LogP contribution >= 0.6 is 11.3 Å². The topological polar surface area (TPSA) is 41.6 Å². The first-order valence-corrected chi connectivity index (χ1v) is 7.82. The number of rotatable bonds is 3. The summed E-state index contributed by atoms with van der Waals surface area (Å²) in [4.78, 5) is 15.6. The predicted octanol–water partition coefficient (Wildman–Crippen LogP) is 2.63. The van der Waals surface area contributed by atoms with Crippen LogP contribution in [0.3, 0.4) is 0 Å². The summed E-state index contributed by atoms with van der Waals surface area (Å²) < 4.78 is 5.52. The molecule has 1 saturated carbocycles. The van der Waals surface area contributed by atoms with Crippen molar-refractivity contribution in [2.75, 3.05) is 19.8 Å². The van der Waals surface area contributed by atoms with Gasteiger partial charge in [0, 0.05) is 11.4 Å². The van der Waals surface area contributed by atoms with E-state index >= 15 is 0 Å². The molecule has 2 amide bonds. The Kier molecular flexibility index (Phi) is 3.75. The van der Waals surface area contributed by atoms with Gasteiger partial charge in [-0.25, -0.2) is 4.79 Å². The molecule has 2 aliphatic rings. The van der Waals surface area contributed by atoms with Crippen LogP contribution in [0, 0.1) is 5.92 Å². The predicted molar refractivity (Wildman–Crippen MR) is 75.3 cm³/mol.